The minimum absolute atomic E-state index is 0.135. The van der Waals surface area contributed by atoms with Crippen molar-refractivity contribution in [3.63, 3.8) is 0 Å². The summed E-state index contributed by atoms with van der Waals surface area (Å²) in [7, 11) is 5.91. The number of hydrogen-bond acceptors (Lipinski definition) is 8. The lowest BCUT2D eigenvalue weighted by Crippen LogP contribution is -2.44. The number of quaternary nitrogens is 1. The third-order valence-electron chi connectivity index (χ3n) is 13.8. The quantitative estimate of drug-likeness (QED) is 0.0195. The summed E-state index contributed by atoms with van der Waals surface area (Å²) in [4.78, 5) is 37.4. The van der Waals surface area contributed by atoms with Crippen LogP contribution in [0.5, 0.6) is 0 Å². The molecular formula is C76H123NO8. The molecule has 0 saturated carbocycles. The molecule has 0 N–H and O–H groups in total. The Morgan fingerprint density at radius 1 is 0.365 bits per heavy atom. The van der Waals surface area contributed by atoms with Gasteiger partial charge in [0.05, 0.1) is 40.3 Å². The zero-order valence-electron chi connectivity index (χ0n) is 54.7. The molecule has 0 amide bonds. The van der Waals surface area contributed by atoms with Crippen molar-refractivity contribution in [1.82, 2.24) is 0 Å². The molecule has 0 rings (SSSR count). The highest BCUT2D eigenvalue weighted by Crippen LogP contribution is 2.14. The van der Waals surface area contributed by atoms with E-state index < -0.39 is 24.3 Å². The summed E-state index contributed by atoms with van der Waals surface area (Å²) in [6, 6.07) is 0. The summed E-state index contributed by atoms with van der Waals surface area (Å²) in [5, 5.41) is 11.8. The first-order valence-corrected chi connectivity index (χ1v) is 33.6. The number of ether oxygens (including phenoxy) is 4. The number of allylic oxidation sites excluding steroid dienone is 26. The van der Waals surface area contributed by atoms with Crippen LogP contribution in [0.3, 0.4) is 0 Å². The van der Waals surface area contributed by atoms with Crippen molar-refractivity contribution in [2.75, 3.05) is 47.5 Å². The number of carboxylic acid groups (broad SMARTS) is 1. The molecule has 0 aliphatic heterocycles. The van der Waals surface area contributed by atoms with Gasteiger partial charge in [0.2, 0.25) is 0 Å². The molecule has 0 aromatic rings. The average Bonchev–Trinajstić information content (AvgIpc) is 3.49. The van der Waals surface area contributed by atoms with Crippen molar-refractivity contribution in [2.24, 2.45) is 0 Å². The van der Waals surface area contributed by atoms with Crippen molar-refractivity contribution in [3.8, 4) is 0 Å². The summed E-state index contributed by atoms with van der Waals surface area (Å²) in [6.07, 6.45) is 93.0. The second-order valence-electron chi connectivity index (χ2n) is 23.0. The molecule has 9 heteroatoms. The number of hydrogen-bond donors (Lipinski definition) is 0. The summed E-state index contributed by atoms with van der Waals surface area (Å²) in [6.45, 7) is 4.58. The highest BCUT2D eigenvalue weighted by molar-refractivity contribution is 5.70. The zero-order chi connectivity index (χ0) is 61.9. The third-order valence-corrected chi connectivity index (χ3v) is 13.8. The molecule has 0 aromatic carbocycles. The molecule has 0 bridgehead atoms. The van der Waals surface area contributed by atoms with E-state index in [0.717, 1.165) is 148 Å². The van der Waals surface area contributed by atoms with Gasteiger partial charge in [0.15, 0.2) is 12.4 Å². The summed E-state index contributed by atoms with van der Waals surface area (Å²) in [5.41, 5.74) is 0. The first kappa shape index (κ1) is 79.9. The van der Waals surface area contributed by atoms with Gasteiger partial charge in [-0.3, -0.25) is 9.59 Å². The van der Waals surface area contributed by atoms with E-state index in [9.17, 15) is 19.5 Å². The van der Waals surface area contributed by atoms with Crippen molar-refractivity contribution in [1.29, 1.82) is 0 Å². The summed E-state index contributed by atoms with van der Waals surface area (Å²) in [5.74, 6) is -2.33. The predicted octanol–water partition coefficient (Wildman–Crippen LogP) is 19.6. The Balaban J connectivity index is 4.23. The van der Waals surface area contributed by atoms with E-state index in [2.05, 4.69) is 172 Å². The number of carboxylic acids is 1. The third kappa shape index (κ3) is 66.3. The average molecular weight is 1180 g/mol. The Morgan fingerprint density at radius 2 is 0.671 bits per heavy atom. The summed E-state index contributed by atoms with van der Waals surface area (Å²) < 4.78 is 22.7. The standard InChI is InChI=1S/C76H123NO8/c1-6-8-10-12-14-16-18-20-22-24-26-28-29-30-31-32-33-34-35-36-37-38-39-40-41-42-43-44-45-47-49-51-53-55-57-59-61-63-65-67-74(79)85-72(71-84-76(75(80)81)82-69-68-77(3,4)5)70-83-73(78)66-64-62-60-58-56-54-52-50-48-46-27-25-23-21-19-17-15-13-11-9-7-2/h8,10,14,16,19-22,25-28,30-31,33-34,36-37,39-40,42-43,45,47-48,50,72,76H,6-7,9,11-13,15,17-18,23-24,29,32,35,38,41,44,46,49,51-71H2,1-5H3/b10-8-,16-14-,21-19-,22-20-,27-25-,28-26-,31-30-,34-33-,37-36-,40-39-,43-42-,47-45-,50-48-. The molecule has 9 nitrogen and oxygen atoms in total. The van der Waals surface area contributed by atoms with Gasteiger partial charge in [0.25, 0.3) is 0 Å². The smallest absolute Gasteiger partial charge is 0.306 e. The molecule has 0 heterocycles. The second-order valence-corrected chi connectivity index (χ2v) is 23.0. The fourth-order valence-electron chi connectivity index (χ4n) is 8.63. The van der Waals surface area contributed by atoms with Gasteiger partial charge in [-0.2, -0.15) is 0 Å². The van der Waals surface area contributed by atoms with Gasteiger partial charge in [-0.1, -0.05) is 262 Å². The number of carbonyl (C=O) groups excluding carboxylic acids is 3. The molecule has 0 spiro atoms. The van der Waals surface area contributed by atoms with Crippen LogP contribution in [0.15, 0.2) is 158 Å². The molecule has 0 aliphatic rings. The first-order chi connectivity index (χ1) is 41.6. The van der Waals surface area contributed by atoms with Crippen LogP contribution < -0.4 is 5.11 Å². The SMILES string of the molecule is CC/C=C\C/C=C\C/C=C\C/C=C\C/C=C\C/C=C\C/C=C\C/C=C\C/C=C\C/C=C\CCCCCCCCCCC(=O)OC(COC(=O)CCCCCCCC/C=C\C/C=C\C/C=C\CCCCCCC)COC(OCC[N+](C)(C)C)C(=O)[O-]. The minimum atomic E-state index is -1.64. The topological polar surface area (TPSA) is 111 Å². The van der Waals surface area contributed by atoms with E-state index in [-0.39, 0.29) is 38.6 Å². The Labute approximate surface area is 521 Å². The summed E-state index contributed by atoms with van der Waals surface area (Å²) >= 11 is 0. The normalized spacial score (nSPS) is 13.8. The lowest BCUT2D eigenvalue weighted by atomic mass is 10.1. The fraction of sp³-hybridized carbons (Fsp3) is 0.618. The molecule has 85 heavy (non-hydrogen) atoms. The van der Waals surface area contributed by atoms with Crippen molar-refractivity contribution in [3.05, 3.63) is 158 Å². The van der Waals surface area contributed by atoms with Crippen LogP contribution in [0.1, 0.15) is 245 Å². The lowest BCUT2D eigenvalue weighted by molar-refractivity contribution is -0.870. The van der Waals surface area contributed by atoms with Gasteiger partial charge in [-0.05, 0) is 128 Å². The zero-order valence-corrected chi connectivity index (χ0v) is 54.7. The maximum Gasteiger partial charge on any atom is 0.306 e. The monoisotopic (exact) mass is 1180 g/mol. The minimum Gasteiger partial charge on any atom is -0.545 e. The predicted molar refractivity (Wildman–Crippen MR) is 361 cm³/mol. The molecule has 480 valence electrons. The van der Waals surface area contributed by atoms with E-state index >= 15 is 0 Å². The Bertz CT molecular complexity index is 1950. The lowest BCUT2D eigenvalue weighted by Gasteiger charge is -2.26. The maximum absolute atomic E-state index is 12.9. The largest absolute Gasteiger partial charge is 0.545 e. The molecular weight excluding hydrogens is 1050 g/mol. The Morgan fingerprint density at radius 3 is 1.00 bits per heavy atom. The highest BCUT2D eigenvalue weighted by atomic mass is 16.7. The van der Waals surface area contributed by atoms with E-state index in [1.807, 2.05) is 21.1 Å². The molecule has 2 atom stereocenters. The van der Waals surface area contributed by atoms with Crippen LogP contribution >= 0.6 is 0 Å². The second kappa shape index (κ2) is 64.9. The first-order valence-electron chi connectivity index (χ1n) is 33.6. The van der Waals surface area contributed by atoms with Crippen LogP contribution in [-0.2, 0) is 33.3 Å². The van der Waals surface area contributed by atoms with Crippen LogP contribution in [0.4, 0.5) is 0 Å². The number of nitrogens with zero attached hydrogens (tertiary/aromatic N) is 1. The van der Waals surface area contributed by atoms with Crippen molar-refractivity contribution < 1.29 is 42.9 Å². The van der Waals surface area contributed by atoms with Crippen LogP contribution in [0.25, 0.3) is 0 Å². The van der Waals surface area contributed by atoms with Crippen LogP contribution in [0.2, 0.25) is 0 Å². The highest BCUT2D eigenvalue weighted by Gasteiger charge is 2.22. The fourth-order valence-corrected chi connectivity index (χ4v) is 8.63. The molecule has 0 aliphatic carbocycles. The van der Waals surface area contributed by atoms with E-state index in [4.69, 9.17) is 18.9 Å². The molecule has 0 radical (unpaired) electrons. The number of unbranched alkanes of at least 4 members (excludes halogenated alkanes) is 19. The number of likely N-dealkylation sites (N-methyl/N-ethyl adjacent to an activating group) is 1. The Hall–Kier alpha value is -5.09. The number of carbonyl (C=O) groups is 3. The van der Waals surface area contributed by atoms with Gasteiger partial charge in [-0.25, -0.2) is 0 Å². The van der Waals surface area contributed by atoms with Crippen molar-refractivity contribution >= 4 is 17.9 Å². The molecule has 0 aromatic heterocycles. The number of rotatable bonds is 60. The van der Waals surface area contributed by atoms with Gasteiger partial charge in [0, 0.05) is 12.8 Å². The van der Waals surface area contributed by atoms with Crippen molar-refractivity contribution in [2.45, 2.75) is 257 Å². The molecule has 0 saturated heterocycles. The Kier molecular flexibility index (Phi) is 61.0. The maximum atomic E-state index is 12.9. The van der Waals surface area contributed by atoms with Gasteiger partial charge >= 0.3 is 11.9 Å². The van der Waals surface area contributed by atoms with E-state index in [1.54, 1.807) is 0 Å². The van der Waals surface area contributed by atoms with E-state index in [1.165, 1.54) is 64.2 Å². The van der Waals surface area contributed by atoms with Gasteiger partial charge < -0.3 is 33.3 Å². The van der Waals surface area contributed by atoms with Gasteiger partial charge in [0.1, 0.15) is 13.2 Å². The van der Waals surface area contributed by atoms with Crippen LogP contribution in [-0.4, -0.2) is 82.3 Å². The number of esters is 2. The molecule has 0 fully saturated rings. The van der Waals surface area contributed by atoms with E-state index in [0.29, 0.717) is 17.4 Å². The van der Waals surface area contributed by atoms with Crippen LogP contribution in [0, 0.1) is 0 Å². The van der Waals surface area contributed by atoms with Gasteiger partial charge in [-0.15, -0.1) is 0 Å². The number of aliphatic carboxylic acids is 1. The molecule has 2 unspecified atom stereocenters.